The molecule has 0 fully saturated rings. The molecule has 0 aliphatic rings. The summed E-state index contributed by atoms with van der Waals surface area (Å²) in [6.45, 7) is 9.26. The Balaban J connectivity index is 2.55. The maximum atomic E-state index is 10.2. The second-order valence-corrected chi connectivity index (χ2v) is 6.11. The Morgan fingerprint density at radius 2 is 1.55 bits per heavy atom. The van der Waals surface area contributed by atoms with Crippen molar-refractivity contribution in [3.05, 3.63) is 35.4 Å². The van der Waals surface area contributed by atoms with Crippen molar-refractivity contribution < 1.29 is 10.2 Å². The predicted molar refractivity (Wildman–Crippen MR) is 83.8 cm³/mol. The standard InChI is InChI=1S/C17H29NO2/c1-12(2)14-5-7-15(8-6-14)17(20)11-18-16(9-10-19)13(3)4/h5-8,12-13,16-20H,9-11H2,1-4H3. The Labute approximate surface area is 123 Å². The normalized spacial score (nSPS) is 14.8. The van der Waals surface area contributed by atoms with E-state index in [1.54, 1.807) is 0 Å². The van der Waals surface area contributed by atoms with Gasteiger partial charge in [-0.2, -0.15) is 0 Å². The van der Waals surface area contributed by atoms with E-state index in [2.05, 4.69) is 45.1 Å². The fourth-order valence-corrected chi connectivity index (χ4v) is 2.29. The van der Waals surface area contributed by atoms with Crippen LogP contribution in [0.3, 0.4) is 0 Å². The zero-order valence-corrected chi connectivity index (χ0v) is 13.1. The second kappa shape index (κ2) is 8.40. The fourth-order valence-electron chi connectivity index (χ4n) is 2.29. The molecular formula is C17H29NO2. The van der Waals surface area contributed by atoms with Crippen LogP contribution in [0.25, 0.3) is 0 Å². The van der Waals surface area contributed by atoms with Gasteiger partial charge in [0, 0.05) is 19.2 Å². The minimum Gasteiger partial charge on any atom is -0.396 e. The van der Waals surface area contributed by atoms with Crippen LogP contribution >= 0.6 is 0 Å². The van der Waals surface area contributed by atoms with Crippen LogP contribution < -0.4 is 5.32 Å². The number of hydrogen-bond acceptors (Lipinski definition) is 3. The van der Waals surface area contributed by atoms with Crippen molar-refractivity contribution in [2.75, 3.05) is 13.2 Å². The van der Waals surface area contributed by atoms with Gasteiger partial charge < -0.3 is 15.5 Å². The first-order valence-corrected chi connectivity index (χ1v) is 7.57. The highest BCUT2D eigenvalue weighted by Gasteiger charge is 2.15. The van der Waals surface area contributed by atoms with Gasteiger partial charge in [0.2, 0.25) is 0 Å². The van der Waals surface area contributed by atoms with Crippen molar-refractivity contribution in [3.8, 4) is 0 Å². The van der Waals surface area contributed by atoms with Crippen LogP contribution in [0.1, 0.15) is 57.3 Å². The van der Waals surface area contributed by atoms with Gasteiger partial charge in [-0.25, -0.2) is 0 Å². The quantitative estimate of drug-likeness (QED) is 0.686. The lowest BCUT2D eigenvalue weighted by molar-refractivity contribution is 0.159. The van der Waals surface area contributed by atoms with Crippen LogP contribution in [-0.2, 0) is 0 Å². The summed E-state index contributed by atoms with van der Waals surface area (Å²) in [6, 6.07) is 8.40. The van der Waals surface area contributed by atoms with E-state index in [1.165, 1.54) is 5.56 Å². The van der Waals surface area contributed by atoms with Gasteiger partial charge in [-0.05, 0) is 29.4 Å². The van der Waals surface area contributed by atoms with Crippen LogP contribution in [-0.4, -0.2) is 29.4 Å². The first-order valence-electron chi connectivity index (χ1n) is 7.57. The van der Waals surface area contributed by atoms with E-state index in [0.29, 0.717) is 18.4 Å². The first-order chi connectivity index (χ1) is 9.45. The molecule has 0 heterocycles. The summed E-state index contributed by atoms with van der Waals surface area (Å²) in [5.41, 5.74) is 2.22. The maximum absolute atomic E-state index is 10.2. The molecule has 2 unspecified atom stereocenters. The minimum absolute atomic E-state index is 0.176. The number of benzene rings is 1. The molecule has 3 N–H and O–H groups in total. The molecule has 0 saturated carbocycles. The van der Waals surface area contributed by atoms with Crippen molar-refractivity contribution in [2.24, 2.45) is 5.92 Å². The minimum atomic E-state index is -0.504. The van der Waals surface area contributed by atoms with E-state index < -0.39 is 6.10 Å². The molecule has 20 heavy (non-hydrogen) atoms. The van der Waals surface area contributed by atoms with Crippen LogP contribution in [0.4, 0.5) is 0 Å². The molecule has 0 aliphatic carbocycles. The van der Waals surface area contributed by atoms with Crippen LogP contribution in [0, 0.1) is 5.92 Å². The molecule has 3 nitrogen and oxygen atoms in total. The lowest BCUT2D eigenvalue weighted by Crippen LogP contribution is -2.37. The Kier molecular flexibility index (Phi) is 7.20. The summed E-state index contributed by atoms with van der Waals surface area (Å²) in [7, 11) is 0. The maximum Gasteiger partial charge on any atom is 0.0914 e. The number of nitrogens with one attached hydrogen (secondary N) is 1. The SMILES string of the molecule is CC(C)c1ccc(C(O)CNC(CCO)C(C)C)cc1. The Hall–Kier alpha value is -0.900. The number of hydrogen-bond donors (Lipinski definition) is 3. The molecular weight excluding hydrogens is 250 g/mol. The van der Waals surface area contributed by atoms with Crippen molar-refractivity contribution in [2.45, 2.75) is 52.2 Å². The van der Waals surface area contributed by atoms with Gasteiger partial charge in [0.05, 0.1) is 6.10 Å². The second-order valence-electron chi connectivity index (χ2n) is 6.11. The van der Waals surface area contributed by atoms with Crippen LogP contribution in [0.2, 0.25) is 0 Å². The van der Waals surface area contributed by atoms with E-state index in [4.69, 9.17) is 5.11 Å². The van der Waals surface area contributed by atoms with E-state index in [1.807, 2.05) is 12.1 Å². The molecule has 2 atom stereocenters. The molecule has 3 heteroatoms. The molecule has 114 valence electrons. The molecule has 1 aromatic rings. The zero-order valence-electron chi connectivity index (χ0n) is 13.1. The summed E-state index contributed by atoms with van der Waals surface area (Å²) in [5, 5.41) is 22.6. The summed E-state index contributed by atoms with van der Waals surface area (Å²) in [6.07, 6.45) is 0.215. The van der Waals surface area contributed by atoms with E-state index in [0.717, 1.165) is 12.0 Å². The number of aliphatic hydroxyl groups excluding tert-OH is 2. The lowest BCUT2D eigenvalue weighted by atomic mass is 9.98. The molecule has 1 aromatic carbocycles. The average Bonchev–Trinajstić information content (AvgIpc) is 2.42. The Morgan fingerprint density at radius 1 is 1.00 bits per heavy atom. The van der Waals surface area contributed by atoms with Gasteiger partial charge >= 0.3 is 0 Å². The first kappa shape index (κ1) is 17.2. The highest BCUT2D eigenvalue weighted by molar-refractivity contribution is 5.26. The molecule has 0 spiro atoms. The molecule has 0 radical (unpaired) electrons. The van der Waals surface area contributed by atoms with Crippen molar-refractivity contribution in [1.29, 1.82) is 0 Å². The Morgan fingerprint density at radius 3 is 2.00 bits per heavy atom. The highest BCUT2D eigenvalue weighted by atomic mass is 16.3. The van der Waals surface area contributed by atoms with Gasteiger partial charge in [-0.3, -0.25) is 0 Å². The summed E-state index contributed by atoms with van der Waals surface area (Å²) < 4.78 is 0. The van der Waals surface area contributed by atoms with Gasteiger partial charge in [-0.1, -0.05) is 52.0 Å². The zero-order chi connectivity index (χ0) is 15.1. The summed E-state index contributed by atoms with van der Waals surface area (Å²) in [4.78, 5) is 0. The Bertz CT molecular complexity index is 373. The van der Waals surface area contributed by atoms with E-state index in [-0.39, 0.29) is 12.6 Å². The monoisotopic (exact) mass is 279 g/mol. The molecule has 0 aromatic heterocycles. The molecule has 0 aliphatic heterocycles. The molecule has 0 amide bonds. The van der Waals surface area contributed by atoms with E-state index >= 15 is 0 Å². The number of rotatable bonds is 8. The van der Waals surface area contributed by atoms with Crippen molar-refractivity contribution >= 4 is 0 Å². The third-order valence-electron chi connectivity index (χ3n) is 3.81. The fraction of sp³-hybridized carbons (Fsp3) is 0.647. The van der Waals surface area contributed by atoms with Gasteiger partial charge in [-0.15, -0.1) is 0 Å². The molecule has 0 saturated heterocycles. The van der Waals surface area contributed by atoms with Crippen molar-refractivity contribution in [3.63, 3.8) is 0 Å². The lowest BCUT2D eigenvalue weighted by Gasteiger charge is -2.23. The summed E-state index contributed by atoms with van der Waals surface area (Å²) in [5.74, 6) is 0.951. The third-order valence-corrected chi connectivity index (χ3v) is 3.81. The highest BCUT2D eigenvalue weighted by Crippen LogP contribution is 2.18. The largest absolute Gasteiger partial charge is 0.396 e. The van der Waals surface area contributed by atoms with Crippen molar-refractivity contribution in [1.82, 2.24) is 5.32 Å². The predicted octanol–water partition coefficient (Wildman–Crippen LogP) is 2.84. The van der Waals surface area contributed by atoms with Crippen LogP contribution in [0.5, 0.6) is 0 Å². The van der Waals surface area contributed by atoms with Gasteiger partial charge in [0.1, 0.15) is 0 Å². The van der Waals surface area contributed by atoms with Crippen LogP contribution in [0.15, 0.2) is 24.3 Å². The topological polar surface area (TPSA) is 52.5 Å². The van der Waals surface area contributed by atoms with Gasteiger partial charge in [0.15, 0.2) is 0 Å². The summed E-state index contributed by atoms with van der Waals surface area (Å²) >= 11 is 0. The number of aliphatic hydroxyl groups is 2. The smallest absolute Gasteiger partial charge is 0.0914 e. The van der Waals surface area contributed by atoms with Gasteiger partial charge in [0.25, 0.3) is 0 Å². The van der Waals surface area contributed by atoms with E-state index in [9.17, 15) is 5.11 Å². The average molecular weight is 279 g/mol. The molecule has 0 bridgehead atoms. The molecule has 1 rings (SSSR count). The third kappa shape index (κ3) is 5.23.